The zero-order valence-corrected chi connectivity index (χ0v) is 25.3. The van der Waals surface area contributed by atoms with Gasteiger partial charge in [0.2, 0.25) is 0 Å². The molecule has 0 spiro atoms. The van der Waals surface area contributed by atoms with Gasteiger partial charge in [0, 0.05) is 12.8 Å². The molecule has 0 fully saturated rings. The summed E-state index contributed by atoms with van der Waals surface area (Å²) < 4.78 is 0. The molecule has 0 saturated heterocycles. The van der Waals surface area contributed by atoms with Crippen LogP contribution in [0.1, 0.15) is 50.7 Å². The van der Waals surface area contributed by atoms with Crippen LogP contribution in [0.2, 0.25) is 0 Å². The third-order valence-corrected chi connectivity index (χ3v) is 7.09. The van der Waals surface area contributed by atoms with Gasteiger partial charge in [-0.2, -0.15) is 0 Å². The van der Waals surface area contributed by atoms with Crippen molar-refractivity contribution in [2.24, 2.45) is 0 Å². The molecule has 0 bridgehead atoms. The number of carbonyl (C=O) groups is 2. The molecule has 41 heavy (non-hydrogen) atoms. The summed E-state index contributed by atoms with van der Waals surface area (Å²) >= 11 is 0. The Morgan fingerprint density at radius 3 is 1.27 bits per heavy atom. The van der Waals surface area contributed by atoms with E-state index in [0.717, 1.165) is 25.7 Å². The first-order valence-corrected chi connectivity index (χ1v) is 14.0. The molecule has 2 N–H and O–H groups in total. The number of carboxylic acid groups (broad SMARTS) is 2. The Kier molecular flexibility index (Phi) is 11.9. The van der Waals surface area contributed by atoms with Crippen LogP contribution >= 0.6 is 0 Å². The molecule has 0 amide bonds. The Labute approximate surface area is 256 Å². The molecule has 0 atom stereocenters. The molecule has 0 aliphatic carbocycles. The normalized spacial score (nSPS) is 10.5. The van der Waals surface area contributed by atoms with E-state index < -0.39 is 11.9 Å². The summed E-state index contributed by atoms with van der Waals surface area (Å²) in [4.78, 5) is 19.2. The molecule has 0 heterocycles. The number of hydrogen-bond donors (Lipinski definition) is 2. The van der Waals surface area contributed by atoms with Gasteiger partial charge >= 0.3 is 33.7 Å². The minimum Gasteiger partial charge on any atom is -0.481 e. The van der Waals surface area contributed by atoms with Gasteiger partial charge in [-0.25, -0.2) is 0 Å². The minimum absolute atomic E-state index is 0. The molecule has 6 aromatic rings. The summed E-state index contributed by atoms with van der Waals surface area (Å²) in [6.45, 7) is 3.68. The summed E-state index contributed by atoms with van der Waals surface area (Å²) in [5.41, 5.74) is 2.89. The Hall–Kier alpha value is -3.73. The van der Waals surface area contributed by atoms with E-state index in [1.807, 2.05) is 13.8 Å². The van der Waals surface area contributed by atoms with Gasteiger partial charge in [0.15, 0.2) is 0 Å². The SMILES string of the molecule is CCCC(=O)O.CCCC(=O)O.[Ti+2].c1ccc2c(c1)[cH-]c1c(CCc3cccc4c3[cH-]c3ccccc34)cccc12. The van der Waals surface area contributed by atoms with Crippen LogP contribution in [0, 0.1) is 0 Å². The van der Waals surface area contributed by atoms with Crippen LogP contribution < -0.4 is 0 Å². The number of benzene rings is 4. The van der Waals surface area contributed by atoms with Crippen molar-refractivity contribution in [3.8, 4) is 0 Å². The quantitative estimate of drug-likeness (QED) is 0.146. The zero-order chi connectivity index (χ0) is 28.5. The fourth-order valence-corrected chi connectivity index (χ4v) is 5.22. The summed E-state index contributed by atoms with van der Waals surface area (Å²) in [6.07, 6.45) is 4.17. The first-order valence-electron chi connectivity index (χ1n) is 14.0. The third-order valence-electron chi connectivity index (χ3n) is 7.09. The average molecular weight is 581 g/mol. The molecule has 0 aromatic heterocycles. The van der Waals surface area contributed by atoms with E-state index in [2.05, 4.69) is 97.1 Å². The van der Waals surface area contributed by atoms with Gasteiger partial charge in [-0.05, 0) is 12.8 Å². The number of rotatable bonds is 7. The van der Waals surface area contributed by atoms with Crippen LogP contribution in [0.15, 0.2) is 97.1 Å². The van der Waals surface area contributed by atoms with Crippen molar-refractivity contribution in [1.29, 1.82) is 0 Å². The van der Waals surface area contributed by atoms with Gasteiger partial charge in [0.25, 0.3) is 0 Å². The van der Waals surface area contributed by atoms with Crippen LogP contribution in [0.3, 0.4) is 0 Å². The van der Waals surface area contributed by atoms with Crippen molar-refractivity contribution in [1.82, 2.24) is 0 Å². The Balaban J connectivity index is 0.000000304. The van der Waals surface area contributed by atoms with Gasteiger partial charge in [-0.1, -0.05) is 99.5 Å². The first-order chi connectivity index (χ1) is 19.4. The second-order valence-electron chi connectivity index (χ2n) is 10.0. The standard InChI is InChI=1S/C28H20.2C4H8O2.Ti/c1-3-11-23-21(7-1)17-27-19(9-5-13-25(23)27)15-16-20-10-6-14-26-24-12-4-2-8-22(24)18-28(20)26;2*1-2-3-4(5)6;/h1-14,17-18H,15-16H2;2*2-3H2,1H3,(H,5,6);/q-2;;;+2. The van der Waals surface area contributed by atoms with Crippen LogP contribution in [-0.2, 0) is 44.1 Å². The Bertz CT molecular complexity index is 1610. The molecule has 4 nitrogen and oxygen atoms in total. The molecule has 0 saturated carbocycles. The average Bonchev–Trinajstić information content (AvgIpc) is 3.52. The molecule has 0 aliphatic rings. The predicted molar refractivity (Wildman–Crippen MR) is 167 cm³/mol. The van der Waals surface area contributed by atoms with Gasteiger partial charge in [0.05, 0.1) is 0 Å². The summed E-state index contributed by atoms with van der Waals surface area (Å²) in [7, 11) is 0. The van der Waals surface area contributed by atoms with Crippen molar-refractivity contribution < 1.29 is 41.5 Å². The molecule has 208 valence electrons. The second-order valence-corrected chi connectivity index (χ2v) is 10.0. The summed E-state index contributed by atoms with van der Waals surface area (Å²) in [5.74, 6) is -1.42. The first kappa shape index (κ1) is 31.8. The fraction of sp³-hybridized carbons (Fsp3) is 0.222. The van der Waals surface area contributed by atoms with E-state index in [1.54, 1.807) is 0 Å². The molecule has 6 aromatic carbocycles. The minimum atomic E-state index is -0.711. The van der Waals surface area contributed by atoms with Gasteiger partial charge in [-0.3, -0.25) is 9.59 Å². The number of carboxylic acids is 2. The van der Waals surface area contributed by atoms with E-state index in [-0.39, 0.29) is 21.7 Å². The van der Waals surface area contributed by atoms with Crippen molar-refractivity contribution in [2.45, 2.75) is 52.4 Å². The fourth-order valence-electron chi connectivity index (χ4n) is 5.22. The van der Waals surface area contributed by atoms with E-state index in [9.17, 15) is 9.59 Å². The molecule has 5 heteroatoms. The van der Waals surface area contributed by atoms with E-state index in [4.69, 9.17) is 10.2 Å². The molecule has 6 rings (SSSR count). The number of aryl methyl sites for hydroxylation is 2. The Morgan fingerprint density at radius 1 is 0.561 bits per heavy atom. The van der Waals surface area contributed by atoms with Crippen LogP contribution in [0.4, 0.5) is 0 Å². The van der Waals surface area contributed by atoms with E-state index in [1.165, 1.54) is 54.2 Å². The van der Waals surface area contributed by atoms with Gasteiger partial charge < -0.3 is 10.2 Å². The second kappa shape index (κ2) is 15.3. The third kappa shape index (κ3) is 7.94. The molecular weight excluding hydrogens is 544 g/mol. The maximum Gasteiger partial charge on any atom is 2.00 e. The smallest absolute Gasteiger partial charge is 0.481 e. The maximum absolute atomic E-state index is 9.60. The van der Waals surface area contributed by atoms with Crippen molar-refractivity contribution >= 4 is 55.0 Å². The van der Waals surface area contributed by atoms with Crippen molar-refractivity contribution in [2.75, 3.05) is 0 Å². The molecule has 0 unspecified atom stereocenters. The number of hydrogen-bond acceptors (Lipinski definition) is 2. The van der Waals surface area contributed by atoms with Crippen LogP contribution in [0.5, 0.6) is 0 Å². The monoisotopic (exact) mass is 580 g/mol. The van der Waals surface area contributed by atoms with Crippen LogP contribution in [0.25, 0.3) is 43.1 Å². The molecular formula is C36H36O4Ti. The van der Waals surface area contributed by atoms with Gasteiger partial charge in [-0.15, -0.1) is 78.5 Å². The zero-order valence-electron chi connectivity index (χ0n) is 23.7. The largest absolute Gasteiger partial charge is 2.00 e. The number of fused-ring (bicyclic) bond motifs is 6. The maximum atomic E-state index is 9.60. The van der Waals surface area contributed by atoms with Crippen LogP contribution in [-0.4, -0.2) is 22.2 Å². The molecule has 0 aliphatic heterocycles. The van der Waals surface area contributed by atoms with E-state index in [0.29, 0.717) is 12.8 Å². The van der Waals surface area contributed by atoms with Crippen molar-refractivity contribution in [3.05, 3.63) is 108 Å². The molecule has 0 radical (unpaired) electrons. The van der Waals surface area contributed by atoms with Crippen molar-refractivity contribution in [3.63, 3.8) is 0 Å². The Morgan fingerprint density at radius 2 is 0.927 bits per heavy atom. The number of aliphatic carboxylic acids is 2. The predicted octanol–water partition coefficient (Wildman–Crippen LogP) is 9.26. The van der Waals surface area contributed by atoms with Gasteiger partial charge in [0.1, 0.15) is 0 Å². The summed E-state index contributed by atoms with van der Waals surface area (Å²) in [6, 6.07) is 35.7. The topological polar surface area (TPSA) is 74.6 Å². The summed E-state index contributed by atoms with van der Waals surface area (Å²) in [5, 5.41) is 26.8. The van der Waals surface area contributed by atoms with E-state index >= 15 is 0 Å².